The Balaban J connectivity index is 2.43. The molecule has 11 heteroatoms. The minimum Gasteiger partial charge on any atom is -0.352 e. The van der Waals surface area contributed by atoms with Gasteiger partial charge in [-0.15, -0.1) is 0 Å². The highest BCUT2D eigenvalue weighted by Crippen LogP contribution is 2.28. The molecule has 0 aliphatic carbocycles. The van der Waals surface area contributed by atoms with Crippen LogP contribution in [0.4, 0.5) is 5.69 Å². The second-order valence-electron chi connectivity index (χ2n) is 7.83. The van der Waals surface area contributed by atoms with Crippen LogP contribution in [0.15, 0.2) is 46.9 Å². The number of para-hydroxylation sites is 1. The van der Waals surface area contributed by atoms with E-state index < -0.39 is 28.5 Å². The van der Waals surface area contributed by atoms with Crippen LogP contribution >= 0.6 is 39.1 Å². The van der Waals surface area contributed by atoms with Crippen LogP contribution < -0.4 is 9.62 Å². The van der Waals surface area contributed by atoms with Crippen LogP contribution in [0.5, 0.6) is 0 Å². The Kier molecular flexibility index (Phi) is 9.60. The highest BCUT2D eigenvalue weighted by atomic mass is 79.9. The summed E-state index contributed by atoms with van der Waals surface area (Å²) in [5, 5.41) is 3.46. The zero-order valence-electron chi connectivity index (χ0n) is 18.7. The number of carbonyl (C=O) groups is 2. The van der Waals surface area contributed by atoms with Crippen molar-refractivity contribution in [1.82, 2.24) is 10.2 Å². The Labute approximate surface area is 213 Å². The molecule has 0 unspecified atom stereocenters. The molecule has 1 N–H and O–H groups in total. The van der Waals surface area contributed by atoms with E-state index in [0.29, 0.717) is 25.8 Å². The number of amides is 2. The standard InChI is InChI=1S/C22H26BrCl2N3O4S/c1-14(2)26-22(30)15(3)27(12-16-9-10-18(24)19(25)11-16)21(29)13-28(33(4,31)32)20-8-6-5-7-17(20)23/h5-11,14-15H,12-13H2,1-4H3,(H,26,30)/t15-/m1/s1. The lowest BCUT2D eigenvalue weighted by Gasteiger charge is -2.32. The minimum atomic E-state index is -3.80. The maximum absolute atomic E-state index is 13.4. The lowest BCUT2D eigenvalue weighted by Crippen LogP contribution is -2.52. The molecular formula is C22H26BrCl2N3O4S. The third-order valence-corrected chi connectivity index (χ3v) is 7.27. The van der Waals surface area contributed by atoms with E-state index >= 15 is 0 Å². The summed E-state index contributed by atoms with van der Waals surface area (Å²) < 4.78 is 26.6. The van der Waals surface area contributed by atoms with Crippen molar-refractivity contribution in [3.8, 4) is 0 Å². The summed E-state index contributed by atoms with van der Waals surface area (Å²) in [4.78, 5) is 27.5. The van der Waals surface area contributed by atoms with E-state index in [4.69, 9.17) is 23.2 Å². The molecule has 0 radical (unpaired) electrons. The molecule has 1 atom stereocenters. The predicted octanol–water partition coefficient (Wildman–Crippen LogP) is 4.46. The fourth-order valence-corrected chi connectivity index (χ4v) is 4.87. The first kappa shape index (κ1) is 27.4. The second kappa shape index (κ2) is 11.6. The van der Waals surface area contributed by atoms with E-state index in [9.17, 15) is 18.0 Å². The summed E-state index contributed by atoms with van der Waals surface area (Å²) in [5.41, 5.74) is 0.968. The molecule has 2 aromatic carbocycles. The first-order valence-corrected chi connectivity index (χ1v) is 13.5. The molecule has 0 aliphatic rings. The van der Waals surface area contributed by atoms with Crippen molar-refractivity contribution >= 4 is 66.7 Å². The van der Waals surface area contributed by atoms with Crippen molar-refractivity contribution < 1.29 is 18.0 Å². The summed E-state index contributed by atoms with van der Waals surface area (Å²) >= 11 is 15.5. The van der Waals surface area contributed by atoms with E-state index in [1.807, 2.05) is 13.8 Å². The second-order valence-corrected chi connectivity index (χ2v) is 11.4. The molecule has 0 bridgehead atoms. The van der Waals surface area contributed by atoms with Crippen LogP contribution in [-0.2, 0) is 26.2 Å². The quantitative estimate of drug-likeness (QED) is 0.476. The number of benzene rings is 2. The van der Waals surface area contributed by atoms with Crippen LogP contribution in [0.3, 0.4) is 0 Å². The van der Waals surface area contributed by atoms with E-state index in [1.54, 1.807) is 49.4 Å². The molecule has 0 aromatic heterocycles. The maximum atomic E-state index is 13.4. The molecule has 0 saturated carbocycles. The molecule has 0 fully saturated rings. The van der Waals surface area contributed by atoms with Crippen LogP contribution in [0.1, 0.15) is 26.3 Å². The summed E-state index contributed by atoms with van der Waals surface area (Å²) in [7, 11) is -3.80. The average Bonchev–Trinajstić information content (AvgIpc) is 2.71. The number of rotatable bonds is 9. The Bertz CT molecular complexity index is 1130. The SMILES string of the molecule is CC(C)NC(=O)[C@@H](C)N(Cc1ccc(Cl)c(Cl)c1)C(=O)CN(c1ccccc1Br)S(C)(=O)=O. The molecule has 2 aromatic rings. The summed E-state index contributed by atoms with van der Waals surface area (Å²) in [6, 6.07) is 10.6. The van der Waals surface area contributed by atoms with Gasteiger partial charge < -0.3 is 10.2 Å². The van der Waals surface area contributed by atoms with Gasteiger partial charge in [-0.25, -0.2) is 8.42 Å². The fourth-order valence-electron chi connectivity index (χ4n) is 3.07. The molecule has 0 saturated heterocycles. The van der Waals surface area contributed by atoms with Crippen molar-refractivity contribution in [2.75, 3.05) is 17.1 Å². The van der Waals surface area contributed by atoms with Crippen LogP contribution in [0, 0.1) is 0 Å². The molecule has 0 spiro atoms. The van der Waals surface area contributed by atoms with E-state index in [2.05, 4.69) is 21.2 Å². The lowest BCUT2D eigenvalue weighted by molar-refractivity contribution is -0.139. The van der Waals surface area contributed by atoms with Gasteiger partial charge in [0.25, 0.3) is 0 Å². The zero-order valence-corrected chi connectivity index (χ0v) is 22.6. The largest absolute Gasteiger partial charge is 0.352 e. The van der Waals surface area contributed by atoms with E-state index in [1.165, 1.54) is 4.90 Å². The van der Waals surface area contributed by atoms with Crippen molar-refractivity contribution in [3.05, 3.63) is 62.5 Å². The van der Waals surface area contributed by atoms with Crippen LogP contribution in [0.2, 0.25) is 10.0 Å². The molecular weight excluding hydrogens is 553 g/mol. The van der Waals surface area contributed by atoms with Gasteiger partial charge in [0.15, 0.2) is 0 Å². The first-order valence-electron chi connectivity index (χ1n) is 10.1. The normalized spacial score (nSPS) is 12.4. The number of halogens is 3. The highest BCUT2D eigenvalue weighted by Gasteiger charge is 2.31. The number of hydrogen-bond acceptors (Lipinski definition) is 4. The Morgan fingerprint density at radius 3 is 2.24 bits per heavy atom. The third kappa shape index (κ3) is 7.60. The van der Waals surface area contributed by atoms with Crippen molar-refractivity contribution in [2.45, 2.75) is 39.4 Å². The Hall–Kier alpha value is -1.81. The van der Waals surface area contributed by atoms with Gasteiger partial charge in [-0.1, -0.05) is 41.4 Å². The van der Waals surface area contributed by atoms with Crippen molar-refractivity contribution in [3.63, 3.8) is 0 Å². The Morgan fingerprint density at radius 2 is 1.70 bits per heavy atom. The highest BCUT2D eigenvalue weighted by molar-refractivity contribution is 9.10. The number of carbonyl (C=O) groups excluding carboxylic acids is 2. The number of nitrogens with zero attached hydrogens (tertiary/aromatic N) is 2. The van der Waals surface area contributed by atoms with Gasteiger partial charge >= 0.3 is 0 Å². The van der Waals surface area contributed by atoms with Gasteiger partial charge in [0.05, 0.1) is 22.0 Å². The fraction of sp³-hybridized carbons (Fsp3) is 0.364. The van der Waals surface area contributed by atoms with Gasteiger partial charge in [0.2, 0.25) is 21.8 Å². The number of hydrogen-bond donors (Lipinski definition) is 1. The summed E-state index contributed by atoms with van der Waals surface area (Å²) in [6.07, 6.45) is 1.03. The van der Waals surface area contributed by atoms with Gasteiger partial charge in [-0.05, 0) is 66.5 Å². The summed E-state index contributed by atoms with van der Waals surface area (Å²) in [5.74, 6) is -0.904. The van der Waals surface area contributed by atoms with Crippen LogP contribution in [0.25, 0.3) is 0 Å². The Morgan fingerprint density at radius 1 is 1.06 bits per heavy atom. The first-order chi connectivity index (χ1) is 15.3. The molecule has 2 amide bonds. The monoisotopic (exact) mass is 577 g/mol. The third-order valence-electron chi connectivity index (χ3n) is 4.74. The number of anilines is 1. The van der Waals surface area contributed by atoms with Crippen LogP contribution in [-0.4, -0.2) is 50.0 Å². The average molecular weight is 579 g/mol. The van der Waals surface area contributed by atoms with Gasteiger partial charge in [0, 0.05) is 17.1 Å². The molecule has 180 valence electrons. The number of sulfonamides is 1. The van der Waals surface area contributed by atoms with Gasteiger partial charge in [0.1, 0.15) is 12.6 Å². The smallest absolute Gasteiger partial charge is 0.244 e. The van der Waals surface area contributed by atoms with E-state index in [-0.39, 0.29) is 18.5 Å². The molecule has 7 nitrogen and oxygen atoms in total. The topological polar surface area (TPSA) is 86.8 Å². The molecule has 33 heavy (non-hydrogen) atoms. The molecule has 2 rings (SSSR count). The minimum absolute atomic E-state index is 0.0377. The maximum Gasteiger partial charge on any atom is 0.244 e. The summed E-state index contributed by atoms with van der Waals surface area (Å²) in [6.45, 7) is 4.77. The van der Waals surface area contributed by atoms with Crippen molar-refractivity contribution in [2.24, 2.45) is 0 Å². The van der Waals surface area contributed by atoms with Gasteiger partial charge in [-0.2, -0.15) is 0 Å². The molecule has 0 heterocycles. The molecule has 0 aliphatic heterocycles. The van der Waals surface area contributed by atoms with E-state index in [0.717, 1.165) is 10.6 Å². The lowest BCUT2D eigenvalue weighted by atomic mass is 10.1. The van der Waals surface area contributed by atoms with Crippen molar-refractivity contribution in [1.29, 1.82) is 0 Å². The zero-order chi connectivity index (χ0) is 24.9. The number of nitrogens with one attached hydrogen (secondary N) is 1. The predicted molar refractivity (Wildman–Crippen MR) is 136 cm³/mol. The van der Waals surface area contributed by atoms with Gasteiger partial charge in [-0.3, -0.25) is 13.9 Å².